The number of aryl methyl sites for hydroxylation is 1. The highest BCUT2D eigenvalue weighted by atomic mass is 32.2. The lowest BCUT2D eigenvalue weighted by Gasteiger charge is -2.11. The number of benzene rings is 2. The molecule has 3 rings (SSSR count). The summed E-state index contributed by atoms with van der Waals surface area (Å²) in [5.74, 6) is -0.114. The first kappa shape index (κ1) is 22.4. The maximum atomic E-state index is 12.5. The molecule has 0 bridgehead atoms. The molecule has 30 heavy (non-hydrogen) atoms. The van der Waals surface area contributed by atoms with Gasteiger partial charge in [-0.1, -0.05) is 62.2 Å². The minimum atomic E-state index is -3.42. The molecule has 0 atom stereocenters. The third kappa shape index (κ3) is 5.64. The van der Waals surface area contributed by atoms with Crippen molar-refractivity contribution in [2.75, 3.05) is 17.3 Å². The smallest absolute Gasteiger partial charge is 0.234 e. The number of sulfone groups is 1. The maximum Gasteiger partial charge on any atom is 0.234 e. The molecule has 1 amide bonds. The normalized spacial score (nSPS) is 11.7. The number of para-hydroxylation sites is 3. The predicted molar refractivity (Wildman–Crippen MR) is 123 cm³/mol. The molecule has 1 heterocycles. The Morgan fingerprint density at radius 1 is 1.07 bits per heavy atom. The van der Waals surface area contributed by atoms with Crippen molar-refractivity contribution < 1.29 is 13.2 Å². The van der Waals surface area contributed by atoms with E-state index in [0.29, 0.717) is 5.69 Å². The molecule has 1 N–H and O–H groups in total. The van der Waals surface area contributed by atoms with Crippen molar-refractivity contribution in [3.63, 3.8) is 0 Å². The molecule has 0 saturated carbocycles. The third-order valence-electron chi connectivity index (χ3n) is 4.75. The minimum absolute atomic E-state index is 0.117. The molecule has 0 fully saturated rings. The molecule has 2 aromatic carbocycles. The van der Waals surface area contributed by atoms with Crippen LogP contribution in [-0.4, -0.2) is 35.9 Å². The Bertz CT molecular complexity index is 1120. The van der Waals surface area contributed by atoms with Gasteiger partial charge in [0.2, 0.25) is 5.91 Å². The number of imidazole rings is 1. The van der Waals surface area contributed by atoms with Crippen molar-refractivity contribution in [1.29, 1.82) is 0 Å². The Hall–Kier alpha value is -2.32. The number of amides is 1. The second kappa shape index (κ2) is 10.1. The number of rotatable bonds is 10. The van der Waals surface area contributed by atoms with Crippen molar-refractivity contribution >= 4 is 44.2 Å². The highest BCUT2D eigenvalue weighted by Crippen LogP contribution is 2.26. The highest BCUT2D eigenvalue weighted by molar-refractivity contribution is 7.99. The van der Waals surface area contributed by atoms with Crippen LogP contribution in [0.5, 0.6) is 0 Å². The van der Waals surface area contributed by atoms with Crippen molar-refractivity contribution in [2.45, 2.75) is 49.2 Å². The highest BCUT2D eigenvalue weighted by Gasteiger charge is 2.16. The van der Waals surface area contributed by atoms with Gasteiger partial charge < -0.3 is 9.88 Å². The molecule has 0 spiro atoms. The Morgan fingerprint density at radius 3 is 2.57 bits per heavy atom. The average molecular weight is 446 g/mol. The van der Waals surface area contributed by atoms with E-state index in [2.05, 4.69) is 22.9 Å². The zero-order chi connectivity index (χ0) is 21.6. The molecular formula is C22H27N3O3S2. The van der Waals surface area contributed by atoms with Gasteiger partial charge in [0.05, 0.1) is 27.4 Å². The quantitative estimate of drug-likeness (QED) is 0.360. The van der Waals surface area contributed by atoms with E-state index in [0.717, 1.165) is 41.8 Å². The fourth-order valence-electron chi connectivity index (χ4n) is 3.29. The van der Waals surface area contributed by atoms with Crippen LogP contribution in [0.25, 0.3) is 11.0 Å². The first-order valence-electron chi connectivity index (χ1n) is 10.1. The van der Waals surface area contributed by atoms with Gasteiger partial charge in [0.1, 0.15) is 0 Å². The van der Waals surface area contributed by atoms with Crippen LogP contribution in [0.2, 0.25) is 0 Å². The van der Waals surface area contributed by atoms with Crippen molar-refractivity contribution in [3.8, 4) is 0 Å². The molecule has 1 aromatic heterocycles. The number of nitrogens with zero attached hydrogens (tertiary/aromatic N) is 2. The van der Waals surface area contributed by atoms with Crippen LogP contribution in [0.3, 0.4) is 0 Å². The number of hydrogen-bond acceptors (Lipinski definition) is 5. The first-order chi connectivity index (χ1) is 14.4. The van der Waals surface area contributed by atoms with Gasteiger partial charge in [-0.15, -0.1) is 0 Å². The molecule has 0 aliphatic rings. The van der Waals surface area contributed by atoms with Crippen molar-refractivity contribution in [3.05, 3.63) is 48.5 Å². The van der Waals surface area contributed by atoms with Gasteiger partial charge in [0.25, 0.3) is 0 Å². The molecule has 6 nitrogen and oxygen atoms in total. The van der Waals surface area contributed by atoms with Gasteiger partial charge in [-0.3, -0.25) is 4.79 Å². The van der Waals surface area contributed by atoms with E-state index < -0.39 is 9.84 Å². The number of anilines is 1. The van der Waals surface area contributed by atoms with Crippen LogP contribution >= 0.6 is 11.8 Å². The van der Waals surface area contributed by atoms with Crippen LogP contribution < -0.4 is 5.32 Å². The SMILES string of the molecule is CCCCCCn1c(SCC(=O)Nc2ccccc2S(C)(=O)=O)nc2ccccc21. The molecule has 0 aliphatic carbocycles. The summed E-state index contributed by atoms with van der Waals surface area (Å²) in [6.07, 6.45) is 5.75. The summed E-state index contributed by atoms with van der Waals surface area (Å²) in [4.78, 5) is 17.3. The number of aromatic nitrogens is 2. The molecule has 0 unspecified atom stereocenters. The lowest BCUT2D eigenvalue weighted by atomic mass is 10.2. The van der Waals surface area contributed by atoms with Gasteiger partial charge >= 0.3 is 0 Å². The summed E-state index contributed by atoms with van der Waals surface area (Å²) in [7, 11) is -3.42. The Labute approximate surface area is 182 Å². The van der Waals surface area contributed by atoms with Crippen molar-refractivity contribution in [2.24, 2.45) is 0 Å². The van der Waals surface area contributed by atoms with Crippen LogP contribution in [0.4, 0.5) is 5.69 Å². The average Bonchev–Trinajstić information content (AvgIpc) is 3.07. The first-order valence-corrected chi connectivity index (χ1v) is 12.9. The molecular weight excluding hydrogens is 418 g/mol. The van der Waals surface area contributed by atoms with E-state index in [1.165, 1.54) is 30.7 Å². The van der Waals surface area contributed by atoms with Gasteiger partial charge in [-0.2, -0.15) is 0 Å². The topological polar surface area (TPSA) is 81.1 Å². The standard InChI is InChI=1S/C22H27N3O3S2/c1-3-4-5-10-15-25-19-13-8-6-11-17(19)24-22(25)29-16-21(26)23-18-12-7-9-14-20(18)30(2,27)28/h6-9,11-14H,3-5,10,15-16H2,1-2H3,(H,23,26). The summed E-state index contributed by atoms with van der Waals surface area (Å²) < 4.78 is 26.0. The maximum absolute atomic E-state index is 12.5. The molecule has 0 saturated heterocycles. The van der Waals surface area contributed by atoms with E-state index in [4.69, 9.17) is 4.98 Å². The largest absolute Gasteiger partial charge is 0.324 e. The van der Waals surface area contributed by atoms with Gasteiger partial charge in [0.15, 0.2) is 15.0 Å². The van der Waals surface area contributed by atoms with E-state index >= 15 is 0 Å². The minimum Gasteiger partial charge on any atom is -0.324 e. The number of carbonyl (C=O) groups excluding carboxylic acids is 1. The summed E-state index contributed by atoms with van der Waals surface area (Å²) >= 11 is 1.37. The zero-order valence-corrected chi connectivity index (χ0v) is 18.9. The summed E-state index contributed by atoms with van der Waals surface area (Å²) in [5, 5.41) is 3.53. The summed E-state index contributed by atoms with van der Waals surface area (Å²) in [6.45, 7) is 3.05. The lowest BCUT2D eigenvalue weighted by Crippen LogP contribution is -2.16. The summed E-state index contributed by atoms with van der Waals surface area (Å²) in [6, 6.07) is 14.4. The molecule has 0 aliphatic heterocycles. The second-order valence-corrected chi connectivity index (χ2v) is 10.1. The molecule has 3 aromatic rings. The van der Waals surface area contributed by atoms with Crippen LogP contribution in [0, 0.1) is 0 Å². The fourth-order valence-corrected chi connectivity index (χ4v) is 4.97. The van der Waals surface area contributed by atoms with Gasteiger partial charge in [-0.25, -0.2) is 13.4 Å². The molecule has 160 valence electrons. The second-order valence-electron chi connectivity index (χ2n) is 7.20. The molecule has 8 heteroatoms. The summed E-state index contributed by atoms with van der Waals surface area (Å²) in [5.41, 5.74) is 2.29. The van der Waals surface area contributed by atoms with Crippen LogP contribution in [0.1, 0.15) is 32.6 Å². The van der Waals surface area contributed by atoms with E-state index in [9.17, 15) is 13.2 Å². The number of unbranched alkanes of at least 4 members (excludes halogenated alkanes) is 3. The Kier molecular flexibility index (Phi) is 7.55. The zero-order valence-electron chi connectivity index (χ0n) is 17.3. The van der Waals surface area contributed by atoms with Crippen molar-refractivity contribution in [1.82, 2.24) is 9.55 Å². The van der Waals surface area contributed by atoms with Gasteiger partial charge in [0, 0.05) is 12.8 Å². The Balaban J connectivity index is 1.72. The van der Waals surface area contributed by atoms with Crippen LogP contribution in [0.15, 0.2) is 58.6 Å². The monoisotopic (exact) mass is 445 g/mol. The number of fused-ring (bicyclic) bond motifs is 1. The Morgan fingerprint density at radius 2 is 1.80 bits per heavy atom. The number of carbonyl (C=O) groups is 1. The van der Waals surface area contributed by atoms with Crippen LogP contribution in [-0.2, 0) is 21.2 Å². The number of hydrogen-bond donors (Lipinski definition) is 1. The number of nitrogens with one attached hydrogen (secondary N) is 1. The predicted octanol–water partition coefficient (Wildman–Crippen LogP) is 4.75. The molecule has 0 radical (unpaired) electrons. The van der Waals surface area contributed by atoms with E-state index in [-0.39, 0.29) is 16.6 Å². The van der Waals surface area contributed by atoms with E-state index in [1.54, 1.807) is 18.2 Å². The fraction of sp³-hybridized carbons (Fsp3) is 0.364. The van der Waals surface area contributed by atoms with E-state index in [1.807, 2.05) is 18.2 Å². The third-order valence-corrected chi connectivity index (χ3v) is 6.88. The number of thioether (sulfide) groups is 1. The van der Waals surface area contributed by atoms with Gasteiger partial charge in [-0.05, 0) is 30.7 Å². The lowest BCUT2D eigenvalue weighted by molar-refractivity contribution is -0.113.